The molecule has 3 aromatic rings. The third-order valence-corrected chi connectivity index (χ3v) is 6.42. The number of nitrogens with zero attached hydrogens (tertiary/aromatic N) is 1. The number of fused-ring (bicyclic) bond motifs is 1. The largest absolute Gasteiger partial charge is 0.493 e. The first-order valence-electron chi connectivity index (χ1n) is 12.4. The van der Waals surface area contributed by atoms with E-state index in [0.29, 0.717) is 18.1 Å². The van der Waals surface area contributed by atoms with Gasteiger partial charge in [-0.1, -0.05) is 66.7 Å². The lowest BCUT2D eigenvalue weighted by Gasteiger charge is -2.42. The summed E-state index contributed by atoms with van der Waals surface area (Å²) in [6.07, 6.45) is -1.77. The summed E-state index contributed by atoms with van der Waals surface area (Å²) in [5, 5.41) is 21.8. The minimum absolute atomic E-state index is 0.153. The second-order valence-electron chi connectivity index (χ2n) is 10.2. The Balaban J connectivity index is 1.68. The van der Waals surface area contributed by atoms with Crippen molar-refractivity contribution >= 4 is 5.97 Å². The van der Waals surface area contributed by atoms with E-state index in [4.69, 9.17) is 14.2 Å². The number of aliphatic hydroxyl groups excluding tert-OH is 1. The highest BCUT2D eigenvalue weighted by atomic mass is 16.5. The van der Waals surface area contributed by atoms with Crippen LogP contribution in [0.5, 0.6) is 11.5 Å². The van der Waals surface area contributed by atoms with Crippen molar-refractivity contribution in [1.29, 1.82) is 0 Å². The van der Waals surface area contributed by atoms with Gasteiger partial charge in [-0.15, -0.1) is 0 Å². The molecular formula is C30H35NO6. The lowest BCUT2D eigenvalue weighted by atomic mass is 9.91. The molecule has 0 radical (unpaired) electrons. The normalized spacial score (nSPS) is 17.5. The summed E-state index contributed by atoms with van der Waals surface area (Å²) in [7, 11) is 1.57. The van der Waals surface area contributed by atoms with Gasteiger partial charge in [0.2, 0.25) is 0 Å². The van der Waals surface area contributed by atoms with Gasteiger partial charge in [-0.2, -0.15) is 0 Å². The maximum Gasteiger partial charge on any atom is 0.321 e. The minimum Gasteiger partial charge on any atom is -0.493 e. The number of hydrogen-bond donors (Lipinski definition) is 2. The molecule has 0 aliphatic carbocycles. The van der Waals surface area contributed by atoms with Gasteiger partial charge in [0.15, 0.2) is 11.5 Å². The number of methoxy groups -OCH3 is 1. The lowest BCUT2D eigenvalue weighted by molar-refractivity contribution is -0.181. The zero-order valence-electron chi connectivity index (χ0n) is 21.8. The molecule has 3 atom stereocenters. The average Bonchev–Trinajstić information content (AvgIpc) is 2.89. The van der Waals surface area contributed by atoms with Crippen LogP contribution >= 0.6 is 0 Å². The van der Waals surface area contributed by atoms with Crippen molar-refractivity contribution in [3.8, 4) is 11.5 Å². The Morgan fingerprint density at radius 2 is 1.68 bits per heavy atom. The van der Waals surface area contributed by atoms with Crippen LogP contribution in [-0.2, 0) is 29.1 Å². The second-order valence-corrected chi connectivity index (χ2v) is 10.2. The SMILES string of the molecule is COc1ccc2c(c1OCc1ccccc1)C[C@H](C(=O)O)N(C(O)[C@H](OC(C)(C)C)c1ccccc1)C2. The molecule has 0 fully saturated rings. The van der Waals surface area contributed by atoms with Gasteiger partial charge < -0.3 is 24.4 Å². The molecule has 0 aromatic heterocycles. The van der Waals surface area contributed by atoms with Crippen molar-refractivity contribution in [1.82, 2.24) is 4.90 Å². The van der Waals surface area contributed by atoms with Gasteiger partial charge in [0.25, 0.3) is 0 Å². The smallest absolute Gasteiger partial charge is 0.321 e. The van der Waals surface area contributed by atoms with E-state index in [0.717, 1.165) is 22.3 Å². The zero-order chi connectivity index (χ0) is 26.6. The molecule has 1 aliphatic heterocycles. The molecule has 1 unspecified atom stereocenters. The van der Waals surface area contributed by atoms with E-state index in [2.05, 4.69) is 0 Å². The van der Waals surface area contributed by atoms with E-state index < -0.39 is 29.9 Å². The third kappa shape index (κ3) is 6.31. The number of benzene rings is 3. The molecule has 37 heavy (non-hydrogen) atoms. The Morgan fingerprint density at radius 3 is 2.27 bits per heavy atom. The van der Waals surface area contributed by atoms with Crippen LogP contribution in [0.15, 0.2) is 72.8 Å². The molecule has 1 aliphatic rings. The highest BCUT2D eigenvalue weighted by Crippen LogP contribution is 2.41. The highest BCUT2D eigenvalue weighted by molar-refractivity contribution is 5.75. The molecule has 0 amide bonds. The number of aliphatic carboxylic acids is 1. The fraction of sp³-hybridized carbons (Fsp3) is 0.367. The molecule has 3 aromatic carbocycles. The quantitative estimate of drug-likeness (QED) is 0.425. The van der Waals surface area contributed by atoms with Crippen LogP contribution in [-0.4, -0.2) is 46.1 Å². The van der Waals surface area contributed by atoms with Crippen LogP contribution < -0.4 is 9.47 Å². The van der Waals surface area contributed by atoms with E-state index >= 15 is 0 Å². The van der Waals surface area contributed by atoms with Crippen molar-refractivity contribution in [2.75, 3.05) is 7.11 Å². The summed E-state index contributed by atoms with van der Waals surface area (Å²) in [4.78, 5) is 14.1. The summed E-state index contributed by atoms with van der Waals surface area (Å²) >= 11 is 0. The molecule has 7 heteroatoms. The molecular weight excluding hydrogens is 470 g/mol. The number of ether oxygens (including phenoxy) is 3. The van der Waals surface area contributed by atoms with Gasteiger partial charge in [0.1, 0.15) is 25.0 Å². The van der Waals surface area contributed by atoms with Gasteiger partial charge in [0, 0.05) is 18.5 Å². The maximum atomic E-state index is 12.5. The first-order valence-corrected chi connectivity index (χ1v) is 12.4. The van der Waals surface area contributed by atoms with E-state index in [-0.39, 0.29) is 13.0 Å². The minimum atomic E-state index is -1.19. The molecule has 2 N–H and O–H groups in total. The predicted octanol–water partition coefficient (Wildman–Crippen LogP) is 4.96. The second kappa shape index (κ2) is 11.3. The monoisotopic (exact) mass is 505 g/mol. The summed E-state index contributed by atoms with van der Waals surface area (Å²) in [5.74, 6) is 0.0601. The molecule has 0 spiro atoms. The van der Waals surface area contributed by atoms with Gasteiger partial charge in [-0.05, 0) is 43.5 Å². The maximum absolute atomic E-state index is 12.5. The molecule has 0 bridgehead atoms. The fourth-order valence-corrected chi connectivity index (χ4v) is 4.69. The number of carboxylic acids is 1. The fourth-order valence-electron chi connectivity index (χ4n) is 4.69. The van der Waals surface area contributed by atoms with Crippen molar-refractivity contribution in [3.05, 3.63) is 95.1 Å². The van der Waals surface area contributed by atoms with Gasteiger partial charge >= 0.3 is 5.97 Å². The van der Waals surface area contributed by atoms with E-state index in [1.54, 1.807) is 12.0 Å². The Kier molecular flexibility index (Phi) is 8.17. The van der Waals surface area contributed by atoms with Crippen LogP contribution in [0.1, 0.15) is 49.1 Å². The van der Waals surface area contributed by atoms with Crippen LogP contribution in [0.3, 0.4) is 0 Å². The van der Waals surface area contributed by atoms with Gasteiger partial charge in [-0.3, -0.25) is 9.69 Å². The summed E-state index contributed by atoms with van der Waals surface area (Å²) in [6.45, 7) is 6.29. The molecule has 196 valence electrons. The molecule has 4 rings (SSSR count). The Morgan fingerprint density at radius 1 is 1.03 bits per heavy atom. The third-order valence-electron chi connectivity index (χ3n) is 6.42. The van der Waals surface area contributed by atoms with Crippen molar-refractivity contribution in [3.63, 3.8) is 0 Å². The van der Waals surface area contributed by atoms with E-state index in [9.17, 15) is 15.0 Å². The van der Waals surface area contributed by atoms with Crippen molar-refractivity contribution < 1.29 is 29.2 Å². The Bertz CT molecular complexity index is 1190. The predicted molar refractivity (Wildman–Crippen MR) is 140 cm³/mol. The zero-order valence-corrected chi connectivity index (χ0v) is 21.8. The van der Waals surface area contributed by atoms with Gasteiger partial charge in [-0.25, -0.2) is 0 Å². The van der Waals surface area contributed by atoms with Gasteiger partial charge in [0.05, 0.1) is 12.7 Å². The van der Waals surface area contributed by atoms with Crippen molar-refractivity contribution in [2.45, 2.75) is 64.3 Å². The first-order chi connectivity index (χ1) is 17.7. The van der Waals surface area contributed by atoms with E-state index in [1.165, 1.54) is 0 Å². The van der Waals surface area contributed by atoms with Crippen LogP contribution in [0, 0.1) is 0 Å². The van der Waals surface area contributed by atoms with Crippen molar-refractivity contribution in [2.24, 2.45) is 0 Å². The van der Waals surface area contributed by atoms with Crippen LogP contribution in [0.2, 0.25) is 0 Å². The number of carbonyl (C=O) groups is 1. The standard InChI is InChI=1S/C30H35NO6/c1-30(2,3)37-26(21-13-9-6-10-14-21)28(32)31-18-22-15-16-25(35-4)27(23(22)17-24(31)29(33)34)36-19-20-11-7-5-8-12-20/h5-16,24,26,28,32H,17-19H2,1-4H3,(H,33,34)/t24-,26-,28?/m1/s1. The molecule has 0 saturated carbocycles. The average molecular weight is 506 g/mol. The highest BCUT2D eigenvalue weighted by Gasteiger charge is 2.41. The first kappa shape index (κ1) is 26.7. The summed E-state index contributed by atoms with van der Waals surface area (Å²) < 4.78 is 18.0. The van der Waals surface area contributed by atoms with Crippen LogP contribution in [0.25, 0.3) is 0 Å². The number of aliphatic hydroxyl groups is 1. The Labute approximate surface area is 218 Å². The molecule has 1 heterocycles. The summed E-state index contributed by atoms with van der Waals surface area (Å²) in [6, 6.07) is 21.9. The Hall–Kier alpha value is -3.39. The number of hydrogen-bond acceptors (Lipinski definition) is 6. The molecule has 0 saturated heterocycles. The molecule has 7 nitrogen and oxygen atoms in total. The van der Waals surface area contributed by atoms with E-state index in [1.807, 2.05) is 93.6 Å². The summed E-state index contributed by atoms with van der Waals surface area (Å²) in [5.41, 5.74) is 2.87. The topological polar surface area (TPSA) is 88.5 Å². The number of carboxylic acid groups (broad SMARTS) is 1. The van der Waals surface area contributed by atoms with Crippen LogP contribution in [0.4, 0.5) is 0 Å². The lowest BCUT2D eigenvalue weighted by Crippen LogP contribution is -2.53. The number of rotatable bonds is 9.